The Bertz CT molecular complexity index is 740. The van der Waals surface area contributed by atoms with Gasteiger partial charge in [-0.05, 0) is 51.2 Å². The number of hydrogen-bond acceptors (Lipinski definition) is 5. The van der Waals surface area contributed by atoms with E-state index in [0.717, 1.165) is 12.8 Å². The maximum Gasteiger partial charge on any atom is 1.00 e. The minimum atomic E-state index is -0.645. The van der Waals surface area contributed by atoms with Crippen LogP contribution in [0.5, 0.6) is 0 Å². The molecule has 8 heteroatoms. The second-order valence-electron chi connectivity index (χ2n) is 9.08. The molecule has 0 aliphatic heterocycles. The number of carbonyl (C=O) groups excluding carboxylic acids is 2. The van der Waals surface area contributed by atoms with Crippen LogP contribution in [-0.4, -0.2) is 34.4 Å². The van der Waals surface area contributed by atoms with Crippen LogP contribution >= 0.6 is 0 Å². The fourth-order valence-corrected chi connectivity index (χ4v) is 2.96. The van der Waals surface area contributed by atoms with E-state index in [4.69, 9.17) is 4.74 Å². The van der Waals surface area contributed by atoms with Crippen molar-refractivity contribution in [2.75, 3.05) is 0 Å². The van der Waals surface area contributed by atoms with Crippen molar-refractivity contribution in [3.05, 3.63) is 57.9 Å². The predicted octanol–water partition coefficient (Wildman–Crippen LogP) is 3.66. The third-order valence-corrected chi connectivity index (χ3v) is 4.53. The molecule has 1 aromatic carbocycles. The molecule has 0 radical (unpaired) electrons. The molecule has 0 aliphatic rings. The number of allylic oxidation sites excluding steroid dienone is 1. The number of rotatable bonds is 12. The summed E-state index contributed by atoms with van der Waals surface area (Å²) in [5.74, 6) is -0.601. The summed E-state index contributed by atoms with van der Waals surface area (Å²) in [6.45, 7) is 17.8. The molecule has 180 valence electrons. The molecule has 1 rings (SSSR count). The van der Waals surface area contributed by atoms with E-state index >= 15 is 0 Å². The third kappa shape index (κ3) is 16.3. The fraction of sp³-hybridized carbons (Fsp3) is 0.600. The van der Waals surface area contributed by atoms with Gasteiger partial charge in [-0.25, -0.2) is 0 Å². The van der Waals surface area contributed by atoms with E-state index in [9.17, 15) is 19.7 Å². The number of nitro groups is 1. The molecular weight excluding hydrogens is 415 g/mol. The molecule has 0 saturated carbocycles. The molecule has 0 saturated heterocycles. The zero-order chi connectivity index (χ0) is 24.9. The van der Waals surface area contributed by atoms with Crippen molar-refractivity contribution < 1.29 is 38.1 Å². The summed E-state index contributed by atoms with van der Waals surface area (Å²) in [5, 5.41) is 14.9. The van der Waals surface area contributed by atoms with Gasteiger partial charge in [0.15, 0.2) is 5.78 Å². The van der Waals surface area contributed by atoms with Gasteiger partial charge in [-0.1, -0.05) is 40.7 Å². The summed E-state index contributed by atoms with van der Waals surface area (Å²) < 4.78 is 5.41. The van der Waals surface area contributed by atoms with Gasteiger partial charge in [0.05, 0.1) is 4.92 Å². The number of ether oxygens (including phenoxy) is 1. The molecule has 7 nitrogen and oxygen atoms in total. The summed E-state index contributed by atoms with van der Waals surface area (Å²) in [5.41, 5.74) is -0.498. The van der Waals surface area contributed by atoms with Crippen molar-refractivity contribution in [1.82, 2.24) is 0 Å². The number of benzene rings is 1. The number of nitro benzene ring substituents is 1. The first-order valence-corrected chi connectivity index (χ1v) is 11.1. The maximum atomic E-state index is 12.1. The monoisotopic (exact) mass is 454 g/mol. The Kier molecular flexibility index (Phi) is 16.8. The van der Waals surface area contributed by atoms with Crippen LogP contribution in [0.15, 0.2) is 36.9 Å². The number of ketones is 1. The molecule has 0 aliphatic carbocycles. The Labute approximate surface area is 211 Å². The van der Waals surface area contributed by atoms with E-state index in [1.165, 1.54) is 24.3 Å². The number of nitrogens with zero attached hydrogens (tertiary/aromatic N) is 2. The minimum Gasteiger partial charge on any atom is -0.658 e. The molecule has 0 fully saturated rings. The first kappa shape index (κ1) is 33.2. The Hall–Kier alpha value is -1.94. The zero-order valence-electron chi connectivity index (χ0n) is 21.6. The Morgan fingerprint density at radius 2 is 1.64 bits per heavy atom. The van der Waals surface area contributed by atoms with Crippen molar-refractivity contribution in [3.63, 3.8) is 0 Å². The number of non-ortho nitro benzene ring substituents is 1. The van der Waals surface area contributed by atoms with Crippen LogP contribution in [0.1, 0.15) is 84.5 Å². The van der Waals surface area contributed by atoms with Crippen molar-refractivity contribution >= 4 is 17.4 Å². The number of esters is 1. The molecule has 1 aromatic rings. The standard InChI is InChI=1S/C19H25NO5.C6H14N.Li/c1-5-14(2)7-6-12-19(3,4)25-18(22)13-17(21)15-8-10-16(11-9-15)20(23)24;1-5(2)7-6(3)4;/h5,8-11,14H,1,6-7,12-13H2,2-4H3;5-6H,1-4H3;/q;-1;+1. The molecule has 0 heterocycles. The summed E-state index contributed by atoms with van der Waals surface area (Å²) >= 11 is 0. The number of hydrogen-bond donors (Lipinski definition) is 0. The van der Waals surface area contributed by atoms with Crippen LogP contribution in [0.25, 0.3) is 5.32 Å². The zero-order valence-corrected chi connectivity index (χ0v) is 21.6. The molecular formula is C25H39LiN2O5. The average Bonchev–Trinajstić information content (AvgIpc) is 2.66. The van der Waals surface area contributed by atoms with Crippen LogP contribution in [0.3, 0.4) is 0 Å². The molecule has 1 unspecified atom stereocenters. The first-order chi connectivity index (χ1) is 14.8. The summed E-state index contributed by atoms with van der Waals surface area (Å²) in [6, 6.07) is 6.16. The van der Waals surface area contributed by atoms with Crippen LogP contribution in [0, 0.1) is 16.0 Å². The van der Waals surface area contributed by atoms with Gasteiger partial charge in [0.25, 0.3) is 5.69 Å². The van der Waals surface area contributed by atoms with E-state index in [1.807, 2.05) is 19.9 Å². The van der Waals surface area contributed by atoms with Crippen molar-refractivity contribution in [2.24, 2.45) is 5.92 Å². The SMILES string of the molecule is C=CC(C)CCCC(C)(C)OC(=O)CC(=O)c1ccc([N+](=O)[O-])cc1.CC(C)[N-]C(C)C.[Li+]. The number of Topliss-reactive ketones (excluding diaryl/α,β-unsaturated/α-hetero) is 1. The van der Waals surface area contributed by atoms with Crippen molar-refractivity contribution in [1.29, 1.82) is 0 Å². The van der Waals surface area contributed by atoms with Crippen molar-refractivity contribution in [2.45, 2.75) is 91.8 Å². The fourth-order valence-electron chi connectivity index (χ4n) is 2.96. The average molecular weight is 455 g/mol. The Morgan fingerprint density at radius 3 is 2.03 bits per heavy atom. The molecule has 0 spiro atoms. The quantitative estimate of drug-likeness (QED) is 0.0912. The Balaban J connectivity index is 0. The largest absolute Gasteiger partial charge is 1.00 e. The smallest absolute Gasteiger partial charge is 0.658 e. The molecule has 1 atom stereocenters. The maximum absolute atomic E-state index is 12.1. The molecule has 0 N–H and O–H groups in total. The predicted molar refractivity (Wildman–Crippen MR) is 129 cm³/mol. The van der Waals surface area contributed by atoms with Gasteiger partial charge in [0.1, 0.15) is 12.0 Å². The normalized spacial score (nSPS) is 11.7. The summed E-state index contributed by atoms with van der Waals surface area (Å²) in [6.07, 6.45) is 4.06. The van der Waals surface area contributed by atoms with E-state index in [2.05, 4.69) is 46.5 Å². The van der Waals surface area contributed by atoms with Gasteiger partial charge in [-0.15, -0.1) is 18.7 Å². The minimum absolute atomic E-state index is 0. The van der Waals surface area contributed by atoms with Crippen LogP contribution in [0.4, 0.5) is 5.69 Å². The summed E-state index contributed by atoms with van der Waals surface area (Å²) in [7, 11) is 0. The third-order valence-electron chi connectivity index (χ3n) is 4.53. The molecule has 0 aromatic heterocycles. The van der Waals surface area contributed by atoms with Crippen molar-refractivity contribution in [3.8, 4) is 0 Å². The summed E-state index contributed by atoms with van der Waals surface area (Å²) in [4.78, 5) is 34.1. The Morgan fingerprint density at radius 1 is 1.12 bits per heavy atom. The van der Waals surface area contributed by atoms with Gasteiger partial charge in [0.2, 0.25) is 0 Å². The van der Waals surface area contributed by atoms with Gasteiger partial charge >= 0.3 is 24.8 Å². The van der Waals surface area contributed by atoms with E-state index in [0.29, 0.717) is 24.4 Å². The van der Waals surface area contributed by atoms with Crippen LogP contribution in [0.2, 0.25) is 0 Å². The van der Waals surface area contributed by atoms with Crippen LogP contribution < -0.4 is 18.9 Å². The van der Waals surface area contributed by atoms with E-state index in [-0.39, 0.29) is 36.5 Å². The van der Waals surface area contributed by atoms with E-state index < -0.39 is 22.3 Å². The second-order valence-corrected chi connectivity index (χ2v) is 9.08. The van der Waals surface area contributed by atoms with Gasteiger partial charge < -0.3 is 10.1 Å². The first-order valence-electron chi connectivity index (χ1n) is 11.1. The van der Waals surface area contributed by atoms with Gasteiger partial charge in [0, 0.05) is 17.7 Å². The second kappa shape index (κ2) is 16.6. The molecule has 33 heavy (non-hydrogen) atoms. The van der Waals surface area contributed by atoms with Gasteiger partial charge in [-0.2, -0.15) is 0 Å². The van der Waals surface area contributed by atoms with Gasteiger partial charge in [-0.3, -0.25) is 19.7 Å². The van der Waals surface area contributed by atoms with Crippen LogP contribution in [-0.2, 0) is 9.53 Å². The van der Waals surface area contributed by atoms with E-state index in [1.54, 1.807) is 0 Å². The number of carbonyl (C=O) groups is 2. The molecule has 0 amide bonds. The molecule has 0 bridgehead atoms. The topological polar surface area (TPSA) is 101 Å².